The molecule has 0 aliphatic rings. The van der Waals surface area contributed by atoms with E-state index in [0.29, 0.717) is 23.3 Å². The van der Waals surface area contributed by atoms with Crippen LogP contribution in [0.3, 0.4) is 0 Å². The number of hydrogen-bond acceptors (Lipinski definition) is 6. The van der Waals surface area contributed by atoms with Crippen molar-refractivity contribution in [3.05, 3.63) is 88.2 Å². The lowest BCUT2D eigenvalue weighted by atomic mass is 9.93. The van der Waals surface area contributed by atoms with Gasteiger partial charge in [0.15, 0.2) is 0 Å². The Morgan fingerprint density at radius 3 is 2.23 bits per heavy atom. The van der Waals surface area contributed by atoms with Crippen LogP contribution in [0.25, 0.3) is 22.0 Å². The van der Waals surface area contributed by atoms with Crippen molar-refractivity contribution in [2.24, 2.45) is 5.92 Å². The van der Waals surface area contributed by atoms with E-state index in [9.17, 15) is 33.0 Å². The second-order valence-corrected chi connectivity index (χ2v) is 9.11. The van der Waals surface area contributed by atoms with Crippen molar-refractivity contribution in [3.63, 3.8) is 0 Å². The summed E-state index contributed by atoms with van der Waals surface area (Å²) in [5.74, 6) is -1.85. The van der Waals surface area contributed by atoms with Crippen LogP contribution in [-0.2, 0) is 23.9 Å². The third kappa shape index (κ3) is 6.61. The average Bonchev–Trinajstić information content (AvgIpc) is 2.92. The fourth-order valence-corrected chi connectivity index (χ4v) is 4.30. The van der Waals surface area contributed by atoms with Crippen LogP contribution in [0.4, 0.5) is 13.2 Å². The van der Waals surface area contributed by atoms with Gasteiger partial charge in [0.2, 0.25) is 0 Å². The highest BCUT2D eigenvalue weighted by Gasteiger charge is 2.30. The minimum absolute atomic E-state index is 0.0343. The first kappa shape index (κ1) is 27.8. The van der Waals surface area contributed by atoms with Crippen molar-refractivity contribution < 1.29 is 32.9 Å². The molecule has 0 radical (unpaired) electrons. The summed E-state index contributed by atoms with van der Waals surface area (Å²) in [6.07, 6.45) is -5.07. The van der Waals surface area contributed by atoms with E-state index in [2.05, 4.69) is 10.3 Å². The number of halogens is 3. The molecule has 0 amide bonds. The Hall–Kier alpha value is -4.25. The lowest BCUT2D eigenvalue weighted by Crippen LogP contribution is -2.32. The van der Waals surface area contributed by atoms with Gasteiger partial charge in [0.25, 0.3) is 5.56 Å². The maximum absolute atomic E-state index is 12.8. The third-order valence-electron chi connectivity index (χ3n) is 6.59. The van der Waals surface area contributed by atoms with Gasteiger partial charge < -0.3 is 14.9 Å². The molecule has 0 fully saturated rings. The molecule has 0 aliphatic heterocycles. The number of methoxy groups -OCH3 is 1. The number of nitrogens with zero attached hydrogens (tertiary/aromatic N) is 3. The van der Waals surface area contributed by atoms with E-state index in [-0.39, 0.29) is 24.8 Å². The van der Waals surface area contributed by atoms with Crippen LogP contribution < -0.4 is 10.3 Å². The number of rotatable bonds is 10. The fraction of sp³-hybridized carbons (Fsp3) is 0.286. The number of aromatic nitrogens is 3. The van der Waals surface area contributed by atoms with Crippen LogP contribution in [0, 0.1) is 5.92 Å². The van der Waals surface area contributed by atoms with Crippen LogP contribution in [0.5, 0.6) is 5.75 Å². The molecule has 2 atom stereocenters. The normalized spacial score (nSPS) is 13.3. The number of hydrogen-bond donors (Lipinski definition) is 2. The second kappa shape index (κ2) is 11.6. The van der Waals surface area contributed by atoms with Crippen molar-refractivity contribution >= 4 is 16.9 Å². The number of aliphatic hydroxyl groups excluding tert-OH is 1. The summed E-state index contributed by atoms with van der Waals surface area (Å²) in [6.45, 7) is -0.0468. The number of alkyl halides is 3. The number of benzene rings is 3. The molecule has 0 aliphatic carbocycles. The largest absolute Gasteiger partial charge is 0.497 e. The van der Waals surface area contributed by atoms with Crippen molar-refractivity contribution in [1.29, 1.82) is 0 Å². The average molecular weight is 542 g/mol. The molecule has 0 unspecified atom stereocenters. The zero-order valence-corrected chi connectivity index (χ0v) is 20.9. The van der Waals surface area contributed by atoms with E-state index in [4.69, 9.17) is 4.74 Å². The Morgan fingerprint density at radius 2 is 1.64 bits per heavy atom. The highest BCUT2D eigenvalue weighted by atomic mass is 19.4. The van der Waals surface area contributed by atoms with Gasteiger partial charge in [-0.25, -0.2) is 4.68 Å². The van der Waals surface area contributed by atoms with Crippen molar-refractivity contribution in [2.75, 3.05) is 7.11 Å². The summed E-state index contributed by atoms with van der Waals surface area (Å²) in [5, 5.41) is 28.5. The van der Waals surface area contributed by atoms with E-state index >= 15 is 0 Å². The Bertz CT molecular complexity index is 1500. The second-order valence-electron chi connectivity index (χ2n) is 9.11. The van der Waals surface area contributed by atoms with E-state index in [0.717, 1.165) is 27.9 Å². The van der Waals surface area contributed by atoms with Gasteiger partial charge in [-0.05, 0) is 66.3 Å². The van der Waals surface area contributed by atoms with Gasteiger partial charge >= 0.3 is 12.1 Å². The molecule has 4 aromatic rings. The molecule has 0 saturated carbocycles. The lowest BCUT2D eigenvalue weighted by molar-refractivity contribution is -0.146. The molecule has 2 N–H and O–H groups in total. The standard InChI is InChI=1S/C28H26F3N3O5/c1-39-21-11-12-24-23(16-21)26(36)34(33-32-24)15-14-22(27(37)38)25(35)13-4-17-2-5-18(6-3-17)19-7-9-20(10-8-19)28(29,30)31/h2-3,5-12,16,22,25,35H,4,13-15H2,1H3,(H,37,38)/t22-,25+/m0/s1. The Balaban J connectivity index is 1.37. The molecule has 11 heteroatoms. The number of ether oxygens (including phenoxy) is 1. The van der Waals surface area contributed by atoms with Crippen molar-refractivity contribution in [1.82, 2.24) is 15.0 Å². The molecule has 1 heterocycles. The number of aryl methyl sites for hydroxylation is 2. The first-order valence-corrected chi connectivity index (χ1v) is 12.2. The van der Waals surface area contributed by atoms with Gasteiger partial charge in [0.05, 0.1) is 30.1 Å². The molecule has 8 nitrogen and oxygen atoms in total. The van der Waals surface area contributed by atoms with Gasteiger partial charge in [-0.2, -0.15) is 13.2 Å². The van der Waals surface area contributed by atoms with E-state index in [1.807, 2.05) is 0 Å². The third-order valence-corrected chi connectivity index (χ3v) is 6.59. The van der Waals surface area contributed by atoms with Crippen LogP contribution in [-0.4, -0.2) is 44.4 Å². The van der Waals surface area contributed by atoms with Gasteiger partial charge in [-0.15, -0.1) is 5.10 Å². The summed E-state index contributed by atoms with van der Waals surface area (Å²) in [7, 11) is 1.47. The monoisotopic (exact) mass is 541 g/mol. The molecule has 204 valence electrons. The quantitative estimate of drug-likeness (QED) is 0.302. The minimum Gasteiger partial charge on any atom is -0.497 e. The summed E-state index contributed by atoms with van der Waals surface area (Å²) in [5.41, 5.74) is 1.42. The summed E-state index contributed by atoms with van der Waals surface area (Å²) < 4.78 is 44.6. The zero-order valence-electron chi connectivity index (χ0n) is 20.9. The van der Waals surface area contributed by atoms with Crippen LogP contribution >= 0.6 is 0 Å². The Morgan fingerprint density at radius 1 is 1.00 bits per heavy atom. The molecule has 0 spiro atoms. The van der Waals surface area contributed by atoms with Gasteiger partial charge in [0, 0.05) is 6.54 Å². The maximum Gasteiger partial charge on any atom is 0.416 e. The first-order valence-electron chi connectivity index (χ1n) is 12.2. The smallest absolute Gasteiger partial charge is 0.416 e. The van der Waals surface area contributed by atoms with E-state index < -0.39 is 35.3 Å². The van der Waals surface area contributed by atoms with Gasteiger partial charge in [-0.3, -0.25) is 9.59 Å². The van der Waals surface area contributed by atoms with Crippen LogP contribution in [0.1, 0.15) is 24.0 Å². The number of fused-ring (bicyclic) bond motifs is 1. The van der Waals surface area contributed by atoms with Crippen molar-refractivity contribution in [3.8, 4) is 16.9 Å². The van der Waals surface area contributed by atoms with Crippen LogP contribution in [0.2, 0.25) is 0 Å². The molecule has 4 rings (SSSR count). The summed E-state index contributed by atoms with van der Waals surface area (Å²) in [4.78, 5) is 24.7. The zero-order chi connectivity index (χ0) is 28.2. The van der Waals surface area contributed by atoms with Gasteiger partial charge in [0.1, 0.15) is 11.3 Å². The Kier molecular flexibility index (Phi) is 8.29. The van der Waals surface area contributed by atoms with Crippen LogP contribution in [0.15, 0.2) is 71.5 Å². The highest BCUT2D eigenvalue weighted by Crippen LogP contribution is 2.31. The predicted molar refractivity (Wildman–Crippen MR) is 137 cm³/mol. The predicted octanol–water partition coefficient (Wildman–Crippen LogP) is 4.57. The SMILES string of the molecule is COc1ccc2nnn(CC[C@H](C(=O)O)[C@H](O)CCc3ccc(-c4ccc(C(F)(F)F)cc4)cc3)c(=O)c2c1. The number of aliphatic hydroxyl groups is 1. The topological polar surface area (TPSA) is 115 Å². The number of carboxylic acids is 1. The molecule has 3 aromatic carbocycles. The number of carbonyl (C=O) groups is 1. The summed E-state index contributed by atoms with van der Waals surface area (Å²) in [6, 6.07) is 16.8. The molecular formula is C28H26F3N3O5. The van der Waals surface area contributed by atoms with E-state index in [1.165, 1.54) is 25.3 Å². The maximum atomic E-state index is 12.8. The molecule has 0 saturated heterocycles. The molecule has 0 bridgehead atoms. The van der Waals surface area contributed by atoms with E-state index in [1.54, 1.807) is 36.4 Å². The van der Waals surface area contributed by atoms with Gasteiger partial charge in [-0.1, -0.05) is 41.6 Å². The lowest BCUT2D eigenvalue weighted by Gasteiger charge is -2.19. The minimum atomic E-state index is -4.40. The first-order chi connectivity index (χ1) is 18.6. The molecular weight excluding hydrogens is 515 g/mol. The molecule has 39 heavy (non-hydrogen) atoms. The molecule has 1 aromatic heterocycles. The van der Waals surface area contributed by atoms with Crippen molar-refractivity contribution in [2.45, 2.75) is 38.1 Å². The number of carboxylic acid groups (broad SMARTS) is 1. The summed E-state index contributed by atoms with van der Waals surface area (Å²) >= 11 is 0. The highest BCUT2D eigenvalue weighted by molar-refractivity contribution is 5.78. The number of aliphatic carboxylic acids is 1. The fourth-order valence-electron chi connectivity index (χ4n) is 4.30. The Labute approximate surface area is 221 Å².